The number of hydrogen-bond acceptors (Lipinski definition) is 0. The van der Waals surface area contributed by atoms with Crippen LogP contribution in [0.3, 0.4) is 0 Å². The minimum absolute atomic E-state index is 0.0932. The van der Waals surface area contributed by atoms with E-state index in [2.05, 4.69) is 107 Å². The molecule has 0 N–H and O–H groups in total. The molecule has 0 bridgehead atoms. The van der Waals surface area contributed by atoms with Crippen molar-refractivity contribution in [3.05, 3.63) is 90.0 Å². The molecule has 0 saturated heterocycles. The van der Waals surface area contributed by atoms with Crippen LogP contribution in [0.2, 0.25) is 0 Å². The summed E-state index contributed by atoms with van der Waals surface area (Å²) in [5, 5.41) is 2.67. The van der Waals surface area contributed by atoms with Crippen LogP contribution in [0.25, 0.3) is 33.0 Å². The zero-order valence-corrected chi connectivity index (χ0v) is 21.2. The van der Waals surface area contributed by atoms with E-state index in [1.54, 1.807) is 0 Å². The van der Waals surface area contributed by atoms with Gasteiger partial charge in [0.1, 0.15) is 0 Å². The molecule has 0 atom stereocenters. The number of aryl methyl sites for hydroxylation is 1. The molecule has 4 aromatic rings. The fourth-order valence-electron chi connectivity index (χ4n) is 3.85. The number of hydrogen-bond donors (Lipinski definition) is 0. The Balaban J connectivity index is 0.000000755. The van der Waals surface area contributed by atoms with Crippen LogP contribution in [-0.4, -0.2) is 0 Å². The second kappa shape index (κ2) is 9.69. The number of rotatable bonds is 2. The van der Waals surface area contributed by atoms with Crippen molar-refractivity contribution >= 4 is 27.8 Å². The van der Waals surface area contributed by atoms with Crippen LogP contribution in [-0.2, 0) is 26.3 Å². The zero-order valence-electron chi connectivity index (χ0n) is 17.3. The Morgan fingerprint density at radius 2 is 1.45 bits per heavy atom. The molecule has 4 aromatic carbocycles. The van der Waals surface area contributed by atoms with Crippen molar-refractivity contribution in [2.45, 2.75) is 33.1 Å². The normalized spacial score (nSPS) is 11.1. The summed E-state index contributed by atoms with van der Waals surface area (Å²) in [6.07, 6.45) is 0. The van der Waals surface area contributed by atoms with Crippen molar-refractivity contribution in [2.24, 2.45) is 0 Å². The first-order valence-electron chi connectivity index (χ1n) is 9.68. The maximum atomic E-state index is 4.93. The van der Waals surface area contributed by atoms with Gasteiger partial charge in [0, 0.05) is 0 Å². The molecule has 0 unspecified atom stereocenters. The SMILES string of the molecule is Cc1ccccc1-c1c(C(C)(C)C)ccc2[cH-]c(-c3ccccc3)cc12.[Cl][Zr][Cl]. The molecule has 0 nitrogen and oxygen atoms in total. The quantitative estimate of drug-likeness (QED) is 0.242. The molecule has 0 aromatic heterocycles. The summed E-state index contributed by atoms with van der Waals surface area (Å²) < 4.78 is 0. The molecular formula is C26H25Cl2Zr-. The Bertz CT molecular complexity index is 1090. The van der Waals surface area contributed by atoms with E-state index in [1.165, 1.54) is 44.2 Å². The van der Waals surface area contributed by atoms with Gasteiger partial charge >= 0.3 is 37.9 Å². The molecule has 0 aliphatic rings. The molecule has 0 radical (unpaired) electrons. The third-order valence-corrected chi connectivity index (χ3v) is 5.22. The molecule has 4 rings (SSSR count). The van der Waals surface area contributed by atoms with E-state index >= 15 is 0 Å². The van der Waals surface area contributed by atoms with Crippen LogP contribution in [0.1, 0.15) is 31.9 Å². The van der Waals surface area contributed by atoms with Gasteiger partial charge in [0.15, 0.2) is 0 Å². The van der Waals surface area contributed by atoms with Crippen molar-refractivity contribution in [2.75, 3.05) is 0 Å². The predicted octanol–water partition coefficient (Wildman–Crippen LogP) is 8.88. The van der Waals surface area contributed by atoms with E-state index < -0.39 is 20.8 Å². The maximum absolute atomic E-state index is 4.93. The Morgan fingerprint density at radius 1 is 0.828 bits per heavy atom. The fourth-order valence-corrected chi connectivity index (χ4v) is 3.85. The molecular weight excluding hydrogens is 474 g/mol. The molecule has 0 spiro atoms. The Labute approximate surface area is 192 Å². The minimum atomic E-state index is -0.826. The van der Waals surface area contributed by atoms with Gasteiger partial charge in [0.2, 0.25) is 0 Å². The second-order valence-corrected chi connectivity index (χ2v) is 12.0. The van der Waals surface area contributed by atoms with Crippen molar-refractivity contribution in [1.29, 1.82) is 0 Å². The summed E-state index contributed by atoms with van der Waals surface area (Å²) in [4.78, 5) is 0. The van der Waals surface area contributed by atoms with Gasteiger partial charge in [-0.2, -0.15) is 0 Å². The molecule has 0 amide bonds. The summed E-state index contributed by atoms with van der Waals surface area (Å²) in [6.45, 7) is 9.12. The monoisotopic (exact) mass is 497 g/mol. The predicted molar refractivity (Wildman–Crippen MR) is 126 cm³/mol. The van der Waals surface area contributed by atoms with Crippen LogP contribution in [0.4, 0.5) is 0 Å². The van der Waals surface area contributed by atoms with E-state index in [-0.39, 0.29) is 5.41 Å². The average Bonchev–Trinajstić information content (AvgIpc) is 3.13. The van der Waals surface area contributed by atoms with E-state index in [1.807, 2.05) is 0 Å². The Morgan fingerprint density at radius 3 is 2.07 bits per heavy atom. The Hall–Kier alpha value is -1.27. The van der Waals surface area contributed by atoms with Crippen LogP contribution < -0.4 is 0 Å². The van der Waals surface area contributed by atoms with Gasteiger partial charge in [-0.05, 0) is 34.6 Å². The van der Waals surface area contributed by atoms with Gasteiger partial charge in [0.05, 0.1) is 0 Å². The molecule has 0 fully saturated rings. The van der Waals surface area contributed by atoms with Crippen molar-refractivity contribution in [1.82, 2.24) is 0 Å². The van der Waals surface area contributed by atoms with E-state index in [9.17, 15) is 0 Å². The standard InChI is InChI=1S/C26H25.2ClH.Zr/c1-18-10-8-9-13-22(18)25-23-17-21(19-11-6-5-7-12-19)16-20(23)14-15-24(25)26(2,3)4;;;/h5-17H,1-4H3;2*1H;/q-1;;;+2/p-2. The van der Waals surface area contributed by atoms with Crippen molar-refractivity contribution < 1.29 is 20.8 Å². The Kier molecular flexibility index (Phi) is 7.49. The fraction of sp³-hybridized carbons (Fsp3) is 0.192. The first-order chi connectivity index (χ1) is 13.9. The molecule has 0 saturated carbocycles. The van der Waals surface area contributed by atoms with Crippen molar-refractivity contribution in [3.63, 3.8) is 0 Å². The molecule has 0 aliphatic carbocycles. The van der Waals surface area contributed by atoms with Gasteiger partial charge in [-0.15, -0.1) is 34.5 Å². The summed E-state index contributed by atoms with van der Waals surface area (Å²) in [5.74, 6) is 0. The van der Waals surface area contributed by atoms with Crippen LogP contribution >= 0.6 is 17.0 Å². The number of fused-ring (bicyclic) bond motifs is 1. The molecule has 0 aliphatic heterocycles. The van der Waals surface area contributed by atoms with E-state index in [0.29, 0.717) is 0 Å². The van der Waals surface area contributed by atoms with Crippen LogP contribution in [0, 0.1) is 6.92 Å². The molecule has 148 valence electrons. The third-order valence-electron chi connectivity index (χ3n) is 5.22. The summed E-state index contributed by atoms with van der Waals surface area (Å²) in [7, 11) is 9.87. The summed E-state index contributed by atoms with van der Waals surface area (Å²) in [5.41, 5.74) is 8.12. The van der Waals surface area contributed by atoms with Gasteiger partial charge < -0.3 is 0 Å². The average molecular weight is 500 g/mol. The van der Waals surface area contributed by atoms with Crippen LogP contribution in [0.5, 0.6) is 0 Å². The summed E-state index contributed by atoms with van der Waals surface area (Å²) in [6, 6.07) is 28.7. The van der Waals surface area contributed by atoms with Gasteiger partial charge in [-0.1, -0.05) is 87.0 Å². The number of halogens is 2. The topological polar surface area (TPSA) is 0 Å². The molecule has 0 heterocycles. The number of benzene rings is 3. The van der Waals surface area contributed by atoms with Crippen molar-refractivity contribution in [3.8, 4) is 22.3 Å². The second-order valence-electron chi connectivity index (χ2n) is 8.24. The first kappa shape index (κ1) is 22.4. The summed E-state index contributed by atoms with van der Waals surface area (Å²) >= 11 is -0.826. The molecule has 3 heteroatoms. The molecule has 29 heavy (non-hydrogen) atoms. The van der Waals surface area contributed by atoms with Gasteiger partial charge in [-0.3, -0.25) is 0 Å². The van der Waals surface area contributed by atoms with Crippen LogP contribution in [0.15, 0.2) is 78.9 Å². The zero-order chi connectivity index (χ0) is 21.0. The van der Waals surface area contributed by atoms with E-state index in [0.717, 1.165) is 0 Å². The first-order valence-corrected chi connectivity index (χ1v) is 16.0. The van der Waals surface area contributed by atoms with E-state index in [4.69, 9.17) is 17.0 Å². The third kappa shape index (κ3) is 5.08. The van der Waals surface area contributed by atoms with Gasteiger partial charge in [-0.25, -0.2) is 0 Å². The van der Waals surface area contributed by atoms with Gasteiger partial charge in [0.25, 0.3) is 0 Å².